The number of hydrogen-bond donors (Lipinski definition) is 1. The van der Waals surface area contributed by atoms with Gasteiger partial charge in [0.2, 0.25) is 12.8 Å². The molecule has 1 N–H and O–H groups in total. The molecule has 0 fully saturated rings. The van der Waals surface area contributed by atoms with Crippen LogP contribution in [0.15, 0.2) is 22.7 Å². The Morgan fingerprint density at radius 1 is 1.47 bits per heavy atom. The normalized spacial score (nSPS) is 9.47. The first-order valence-electron chi connectivity index (χ1n) is 4.43. The van der Waals surface area contributed by atoms with E-state index in [0.29, 0.717) is 17.3 Å². The van der Waals surface area contributed by atoms with E-state index < -0.39 is 4.92 Å². The van der Waals surface area contributed by atoms with E-state index in [2.05, 4.69) is 21.2 Å². The van der Waals surface area contributed by atoms with E-state index in [1.165, 1.54) is 18.2 Å². The van der Waals surface area contributed by atoms with Gasteiger partial charge in [-0.25, -0.2) is 0 Å². The molecule has 0 spiro atoms. The molecule has 7 nitrogen and oxygen atoms in total. The lowest BCUT2D eigenvalue weighted by Crippen LogP contribution is -2.32. The second kappa shape index (κ2) is 5.94. The Kier molecular flexibility index (Phi) is 4.58. The number of rotatable bonds is 6. The minimum atomic E-state index is -0.598. The Morgan fingerprint density at radius 2 is 2.18 bits per heavy atom. The van der Waals surface area contributed by atoms with Crippen molar-refractivity contribution in [2.45, 2.75) is 0 Å². The third-order valence-electron chi connectivity index (χ3n) is 1.92. The second-order valence-corrected chi connectivity index (χ2v) is 3.86. The zero-order valence-corrected chi connectivity index (χ0v) is 10.1. The van der Waals surface area contributed by atoms with Crippen LogP contribution in [0.5, 0.6) is 0 Å². The minimum Gasteiger partial charge on any atom is -0.341 e. The lowest BCUT2D eigenvalue weighted by atomic mass is 10.2. The molecule has 0 aliphatic rings. The van der Waals surface area contributed by atoms with E-state index in [1.54, 1.807) is 0 Å². The average molecular weight is 302 g/mol. The Morgan fingerprint density at radius 3 is 2.71 bits per heavy atom. The Bertz CT molecular complexity index is 452. The number of halogens is 1. The van der Waals surface area contributed by atoms with Crippen LogP contribution in [0.3, 0.4) is 0 Å². The van der Waals surface area contributed by atoms with Crippen LogP contribution in [0, 0.1) is 10.1 Å². The molecule has 0 unspecified atom stereocenters. The van der Waals surface area contributed by atoms with Gasteiger partial charge < -0.3 is 5.32 Å². The number of carbonyl (C=O) groups excluding carboxylic acids is 2. The predicted octanol–water partition coefficient (Wildman–Crippen LogP) is 1.02. The molecule has 0 bridgehead atoms. The van der Waals surface area contributed by atoms with Crippen LogP contribution < -0.4 is 10.2 Å². The van der Waals surface area contributed by atoms with Crippen molar-refractivity contribution in [1.29, 1.82) is 0 Å². The molecule has 1 aromatic carbocycles. The molecule has 1 aromatic rings. The molecule has 0 aliphatic carbocycles. The quantitative estimate of drug-likeness (QED) is 0.367. The van der Waals surface area contributed by atoms with E-state index in [0.717, 1.165) is 4.90 Å². The van der Waals surface area contributed by atoms with Crippen molar-refractivity contribution < 1.29 is 14.5 Å². The number of anilines is 1. The third kappa shape index (κ3) is 3.25. The smallest absolute Gasteiger partial charge is 0.293 e. The minimum absolute atomic E-state index is 0.105. The van der Waals surface area contributed by atoms with Gasteiger partial charge in [-0.2, -0.15) is 0 Å². The van der Waals surface area contributed by atoms with Crippen molar-refractivity contribution >= 4 is 40.1 Å². The summed E-state index contributed by atoms with van der Waals surface area (Å²) in [5.74, 6) is 0. The van der Waals surface area contributed by atoms with Crippen molar-refractivity contribution in [3.05, 3.63) is 32.8 Å². The molecule has 8 heteroatoms. The molecule has 17 heavy (non-hydrogen) atoms. The lowest BCUT2D eigenvalue weighted by molar-refractivity contribution is -0.384. The Balaban J connectivity index is 3.15. The van der Waals surface area contributed by atoms with Gasteiger partial charge in [0, 0.05) is 10.5 Å². The molecular weight excluding hydrogens is 294 g/mol. The van der Waals surface area contributed by atoms with E-state index in [1.807, 2.05) is 0 Å². The largest absolute Gasteiger partial charge is 0.341 e. The van der Waals surface area contributed by atoms with Crippen LogP contribution in [0.1, 0.15) is 0 Å². The van der Waals surface area contributed by atoms with Crippen molar-refractivity contribution in [3.8, 4) is 0 Å². The Labute approximate surface area is 105 Å². The fourth-order valence-corrected chi connectivity index (χ4v) is 1.54. The summed E-state index contributed by atoms with van der Waals surface area (Å²) < 4.78 is 0.594. The average Bonchev–Trinajstić information content (AvgIpc) is 2.29. The van der Waals surface area contributed by atoms with Crippen LogP contribution in [0.25, 0.3) is 0 Å². The van der Waals surface area contributed by atoms with Crippen LogP contribution in [0.2, 0.25) is 0 Å². The lowest BCUT2D eigenvalue weighted by Gasteiger charge is -2.16. The number of carbonyl (C=O) groups is 2. The summed E-state index contributed by atoms with van der Waals surface area (Å²) in [4.78, 5) is 32.2. The molecule has 2 amide bonds. The highest BCUT2D eigenvalue weighted by Crippen LogP contribution is 2.30. The fourth-order valence-electron chi connectivity index (χ4n) is 1.20. The molecule has 0 saturated carbocycles. The molecule has 0 saturated heterocycles. The first-order chi connectivity index (χ1) is 8.10. The third-order valence-corrected chi connectivity index (χ3v) is 2.41. The summed E-state index contributed by atoms with van der Waals surface area (Å²) in [6.07, 6.45) is 0.811. The summed E-state index contributed by atoms with van der Waals surface area (Å²) in [5, 5.41) is 13.0. The zero-order chi connectivity index (χ0) is 12.8. The van der Waals surface area contributed by atoms with Gasteiger partial charge in [0.15, 0.2) is 0 Å². The number of nitrogens with zero attached hydrogens (tertiary/aromatic N) is 2. The highest BCUT2D eigenvalue weighted by Gasteiger charge is 2.19. The van der Waals surface area contributed by atoms with Crippen LogP contribution in [-0.4, -0.2) is 24.4 Å². The first kappa shape index (κ1) is 13.1. The first-order valence-corrected chi connectivity index (χ1v) is 5.22. The van der Waals surface area contributed by atoms with Crippen molar-refractivity contribution in [2.24, 2.45) is 0 Å². The van der Waals surface area contributed by atoms with Crippen molar-refractivity contribution in [1.82, 2.24) is 5.32 Å². The van der Waals surface area contributed by atoms with Gasteiger partial charge in [-0.1, -0.05) is 15.9 Å². The van der Waals surface area contributed by atoms with Crippen molar-refractivity contribution in [3.63, 3.8) is 0 Å². The number of nitro benzene ring substituents is 1. The fraction of sp³-hybridized carbons (Fsp3) is 0.111. The molecule has 0 aliphatic heterocycles. The Hall–Kier alpha value is -1.96. The molecule has 0 aromatic heterocycles. The highest BCUT2D eigenvalue weighted by molar-refractivity contribution is 9.10. The number of benzene rings is 1. The van der Waals surface area contributed by atoms with Gasteiger partial charge in [-0.15, -0.1) is 0 Å². The number of nitro groups is 1. The van der Waals surface area contributed by atoms with E-state index >= 15 is 0 Å². The van der Waals surface area contributed by atoms with Crippen LogP contribution >= 0.6 is 15.9 Å². The van der Waals surface area contributed by atoms with Gasteiger partial charge in [0.25, 0.3) is 5.69 Å². The summed E-state index contributed by atoms with van der Waals surface area (Å²) in [7, 11) is 0. The molecule has 90 valence electrons. The van der Waals surface area contributed by atoms with Gasteiger partial charge in [0.05, 0.1) is 11.6 Å². The molecule has 0 radical (unpaired) electrons. The van der Waals surface area contributed by atoms with Crippen LogP contribution in [0.4, 0.5) is 11.4 Å². The van der Waals surface area contributed by atoms with Gasteiger partial charge in [-0.05, 0) is 12.1 Å². The van der Waals surface area contributed by atoms with E-state index in [9.17, 15) is 19.7 Å². The van der Waals surface area contributed by atoms with E-state index in [4.69, 9.17) is 0 Å². The van der Waals surface area contributed by atoms with Crippen LogP contribution in [-0.2, 0) is 9.59 Å². The topological polar surface area (TPSA) is 92.6 Å². The summed E-state index contributed by atoms with van der Waals surface area (Å²) in [6.45, 7) is -0.135. The second-order valence-electron chi connectivity index (χ2n) is 2.95. The summed E-state index contributed by atoms with van der Waals surface area (Å²) >= 11 is 3.16. The highest BCUT2D eigenvalue weighted by atomic mass is 79.9. The van der Waals surface area contributed by atoms with Gasteiger partial charge in [0.1, 0.15) is 5.69 Å². The van der Waals surface area contributed by atoms with E-state index in [-0.39, 0.29) is 18.0 Å². The standard InChI is InChI=1S/C9H8BrN3O4/c10-7-1-2-8(13(16)17)9(3-7)12(6-15)4-11-5-14/h1-3,5-6H,4H2,(H,11,14). The summed E-state index contributed by atoms with van der Waals surface area (Å²) in [6, 6.07) is 4.20. The maximum Gasteiger partial charge on any atom is 0.293 e. The molecule has 0 atom stereocenters. The van der Waals surface area contributed by atoms with Crippen molar-refractivity contribution in [2.75, 3.05) is 11.6 Å². The van der Waals surface area contributed by atoms with Gasteiger partial charge in [-0.3, -0.25) is 24.6 Å². The summed E-state index contributed by atoms with van der Waals surface area (Å²) in [5.41, 5.74) is -0.110. The number of amides is 2. The number of nitrogens with one attached hydrogen (secondary N) is 1. The maximum atomic E-state index is 10.8. The molecule has 0 heterocycles. The molecule has 1 rings (SSSR count). The van der Waals surface area contributed by atoms with Gasteiger partial charge >= 0.3 is 0 Å². The zero-order valence-electron chi connectivity index (χ0n) is 8.50. The predicted molar refractivity (Wildman–Crippen MR) is 63.4 cm³/mol. The molecular formula is C9H8BrN3O4. The number of hydrogen-bond acceptors (Lipinski definition) is 4. The monoisotopic (exact) mass is 301 g/mol. The SMILES string of the molecule is O=CNCN(C=O)c1cc(Br)ccc1[N+](=O)[O-]. The maximum absolute atomic E-state index is 10.8.